The van der Waals surface area contributed by atoms with Gasteiger partial charge in [-0.15, -0.1) is 0 Å². The zero-order chi connectivity index (χ0) is 17.8. The number of para-hydroxylation sites is 1. The van der Waals surface area contributed by atoms with Gasteiger partial charge in [-0.25, -0.2) is 0 Å². The number of aliphatic imine (C=N–C) groups is 1. The Kier molecular flexibility index (Phi) is 5.46. The van der Waals surface area contributed by atoms with Crippen LogP contribution >= 0.6 is 23.2 Å². The molecule has 130 valence electrons. The highest BCUT2D eigenvalue weighted by Crippen LogP contribution is 2.26. The van der Waals surface area contributed by atoms with Gasteiger partial charge in [0.05, 0.1) is 17.3 Å². The van der Waals surface area contributed by atoms with Crippen LogP contribution in [0.5, 0.6) is 5.75 Å². The number of halogens is 2. The molecule has 1 aliphatic rings. The number of carbonyl (C=O) groups excluding carboxylic acids is 1. The first-order chi connectivity index (χ1) is 12.0. The van der Waals surface area contributed by atoms with Crippen LogP contribution < -0.4 is 10.1 Å². The summed E-state index contributed by atoms with van der Waals surface area (Å²) in [5, 5.41) is 4.10. The maximum absolute atomic E-state index is 12.7. The van der Waals surface area contributed by atoms with Crippen LogP contribution in [0.2, 0.25) is 10.0 Å². The Labute approximate surface area is 156 Å². The SMILES string of the molecule is CC(Oc1ccccc1)C(=O)N1CCN=C1Nc1ccc(Cl)cc1Cl. The molecule has 0 radical (unpaired) electrons. The standard InChI is InChI=1S/C18H17Cl2N3O2/c1-12(25-14-5-3-2-4-6-14)17(24)23-10-9-21-18(23)22-16-8-7-13(19)11-15(16)20/h2-8,11-12H,9-10H2,1H3,(H,21,22). The molecule has 2 aromatic carbocycles. The van der Waals surface area contributed by atoms with Crippen LogP contribution in [0.3, 0.4) is 0 Å². The highest BCUT2D eigenvalue weighted by atomic mass is 35.5. The number of guanidine groups is 1. The fourth-order valence-electron chi connectivity index (χ4n) is 2.45. The molecule has 25 heavy (non-hydrogen) atoms. The minimum Gasteiger partial charge on any atom is -0.481 e. The van der Waals surface area contributed by atoms with Crippen LogP contribution in [-0.2, 0) is 4.79 Å². The van der Waals surface area contributed by atoms with Gasteiger partial charge in [-0.2, -0.15) is 0 Å². The predicted octanol–water partition coefficient (Wildman–Crippen LogP) is 4.07. The van der Waals surface area contributed by atoms with E-state index in [9.17, 15) is 4.79 Å². The van der Waals surface area contributed by atoms with Crippen molar-refractivity contribution in [3.05, 3.63) is 58.6 Å². The lowest BCUT2D eigenvalue weighted by atomic mass is 10.3. The van der Waals surface area contributed by atoms with E-state index in [0.717, 1.165) is 0 Å². The van der Waals surface area contributed by atoms with Gasteiger partial charge in [0, 0.05) is 11.6 Å². The molecule has 5 nitrogen and oxygen atoms in total. The van der Waals surface area contributed by atoms with Crippen LogP contribution in [0, 0.1) is 0 Å². The van der Waals surface area contributed by atoms with Gasteiger partial charge in [0.25, 0.3) is 5.91 Å². The largest absolute Gasteiger partial charge is 0.481 e. The fraction of sp³-hybridized carbons (Fsp3) is 0.222. The van der Waals surface area contributed by atoms with Crippen LogP contribution in [0.15, 0.2) is 53.5 Å². The Morgan fingerprint density at radius 2 is 2.00 bits per heavy atom. The molecule has 0 saturated carbocycles. The minimum atomic E-state index is -0.631. The van der Waals surface area contributed by atoms with Gasteiger partial charge >= 0.3 is 0 Å². The summed E-state index contributed by atoms with van der Waals surface area (Å²) in [6.07, 6.45) is -0.631. The van der Waals surface area contributed by atoms with Crippen molar-refractivity contribution in [1.29, 1.82) is 0 Å². The van der Waals surface area contributed by atoms with Gasteiger partial charge in [0.2, 0.25) is 5.96 Å². The third kappa shape index (κ3) is 4.24. The number of rotatable bonds is 4. The molecule has 3 rings (SSSR count). The topological polar surface area (TPSA) is 53.9 Å². The number of anilines is 1. The smallest absolute Gasteiger partial charge is 0.270 e. The maximum atomic E-state index is 12.7. The lowest BCUT2D eigenvalue weighted by Crippen LogP contribution is -2.45. The predicted molar refractivity (Wildman–Crippen MR) is 101 cm³/mol. The summed E-state index contributed by atoms with van der Waals surface area (Å²) >= 11 is 12.1. The average molecular weight is 378 g/mol. The Bertz CT molecular complexity index is 796. The third-order valence-corrected chi connectivity index (χ3v) is 4.24. The highest BCUT2D eigenvalue weighted by molar-refractivity contribution is 6.36. The highest BCUT2D eigenvalue weighted by Gasteiger charge is 2.29. The molecule has 7 heteroatoms. The summed E-state index contributed by atoms with van der Waals surface area (Å²) in [4.78, 5) is 18.6. The van der Waals surface area contributed by atoms with Crippen molar-refractivity contribution in [1.82, 2.24) is 4.90 Å². The summed E-state index contributed by atoms with van der Waals surface area (Å²) in [7, 11) is 0. The van der Waals surface area contributed by atoms with Gasteiger partial charge in [-0.1, -0.05) is 41.4 Å². The Morgan fingerprint density at radius 1 is 1.24 bits per heavy atom. The van der Waals surface area contributed by atoms with Gasteiger partial charge < -0.3 is 10.1 Å². The van der Waals surface area contributed by atoms with E-state index in [1.54, 1.807) is 30.0 Å². The maximum Gasteiger partial charge on any atom is 0.270 e. The van der Waals surface area contributed by atoms with Crippen LogP contribution in [0.1, 0.15) is 6.92 Å². The number of nitrogens with one attached hydrogen (secondary N) is 1. The summed E-state index contributed by atoms with van der Waals surface area (Å²) < 4.78 is 5.71. The van der Waals surface area contributed by atoms with E-state index < -0.39 is 6.10 Å². The minimum absolute atomic E-state index is 0.169. The molecule has 0 bridgehead atoms. The second-order valence-corrected chi connectivity index (χ2v) is 6.36. The average Bonchev–Trinajstić information content (AvgIpc) is 3.05. The summed E-state index contributed by atoms with van der Waals surface area (Å²) in [6.45, 7) is 2.74. The quantitative estimate of drug-likeness (QED) is 0.873. The van der Waals surface area contributed by atoms with E-state index in [1.165, 1.54) is 0 Å². The first-order valence-electron chi connectivity index (χ1n) is 7.84. The molecule has 0 fully saturated rings. The molecule has 1 unspecified atom stereocenters. The Balaban J connectivity index is 1.69. The summed E-state index contributed by atoms with van der Waals surface area (Å²) in [6, 6.07) is 14.3. The number of hydrogen-bond donors (Lipinski definition) is 1. The number of amides is 1. The zero-order valence-corrected chi connectivity index (χ0v) is 15.1. The van der Waals surface area contributed by atoms with E-state index >= 15 is 0 Å². The normalized spacial score (nSPS) is 14.8. The van der Waals surface area contributed by atoms with Crippen LogP contribution in [0.25, 0.3) is 0 Å². The molecule has 1 atom stereocenters. The number of carbonyl (C=O) groups is 1. The van der Waals surface area contributed by atoms with E-state index in [4.69, 9.17) is 27.9 Å². The second kappa shape index (κ2) is 7.76. The lowest BCUT2D eigenvalue weighted by Gasteiger charge is -2.23. The van der Waals surface area contributed by atoms with Crippen molar-refractivity contribution < 1.29 is 9.53 Å². The van der Waals surface area contributed by atoms with Gasteiger partial charge in [-0.05, 0) is 37.3 Å². The Morgan fingerprint density at radius 3 is 2.72 bits per heavy atom. The van der Waals surface area contributed by atoms with Gasteiger partial charge in [-0.3, -0.25) is 14.7 Å². The fourth-order valence-corrected chi connectivity index (χ4v) is 2.91. The van der Waals surface area contributed by atoms with E-state index in [-0.39, 0.29) is 5.91 Å². The van der Waals surface area contributed by atoms with Crippen molar-refractivity contribution in [2.75, 3.05) is 18.4 Å². The molecule has 0 spiro atoms. The van der Waals surface area contributed by atoms with Crippen molar-refractivity contribution in [3.63, 3.8) is 0 Å². The molecular formula is C18H17Cl2N3O2. The van der Waals surface area contributed by atoms with Crippen LogP contribution in [0.4, 0.5) is 5.69 Å². The Hall–Kier alpha value is -2.24. The summed E-state index contributed by atoms with van der Waals surface area (Å²) in [5.74, 6) is 0.935. The monoisotopic (exact) mass is 377 g/mol. The van der Waals surface area contributed by atoms with Crippen molar-refractivity contribution in [2.45, 2.75) is 13.0 Å². The molecule has 0 aromatic heterocycles. The number of ether oxygens (including phenoxy) is 1. The number of benzene rings is 2. The van der Waals surface area contributed by atoms with Crippen molar-refractivity contribution in [2.24, 2.45) is 4.99 Å². The van der Waals surface area contributed by atoms with E-state index in [1.807, 2.05) is 30.3 Å². The molecular weight excluding hydrogens is 361 g/mol. The first-order valence-corrected chi connectivity index (χ1v) is 8.60. The van der Waals surface area contributed by atoms with Gasteiger partial charge in [0.15, 0.2) is 6.10 Å². The van der Waals surface area contributed by atoms with E-state index in [0.29, 0.717) is 40.5 Å². The van der Waals surface area contributed by atoms with Gasteiger partial charge in [0.1, 0.15) is 5.75 Å². The van der Waals surface area contributed by atoms with Crippen molar-refractivity contribution in [3.8, 4) is 5.75 Å². The lowest BCUT2D eigenvalue weighted by molar-refractivity contribution is -0.133. The zero-order valence-electron chi connectivity index (χ0n) is 13.6. The second-order valence-electron chi connectivity index (χ2n) is 5.52. The first kappa shape index (κ1) is 17.6. The van der Waals surface area contributed by atoms with E-state index in [2.05, 4.69) is 10.3 Å². The third-order valence-electron chi connectivity index (χ3n) is 3.69. The molecule has 0 aliphatic carbocycles. The number of hydrogen-bond acceptors (Lipinski definition) is 4. The molecule has 1 aliphatic heterocycles. The molecule has 1 heterocycles. The number of nitrogens with zero attached hydrogens (tertiary/aromatic N) is 2. The molecule has 1 N–H and O–H groups in total. The molecule has 1 amide bonds. The molecule has 0 saturated heterocycles. The molecule has 2 aromatic rings. The van der Waals surface area contributed by atoms with Crippen molar-refractivity contribution >= 4 is 40.8 Å². The summed E-state index contributed by atoms with van der Waals surface area (Å²) in [5.41, 5.74) is 0.640. The van der Waals surface area contributed by atoms with Crippen LogP contribution in [-0.4, -0.2) is 36.0 Å².